The molecule has 0 aliphatic heterocycles. The van der Waals surface area contributed by atoms with Crippen molar-refractivity contribution in [3.8, 4) is 0 Å². The highest BCUT2D eigenvalue weighted by Gasteiger charge is 2.16. The Balaban J connectivity index is 2.07. The van der Waals surface area contributed by atoms with Gasteiger partial charge in [-0.3, -0.25) is 0 Å². The first-order valence-corrected chi connectivity index (χ1v) is 5.26. The molecule has 0 bridgehead atoms. The van der Waals surface area contributed by atoms with Crippen molar-refractivity contribution < 1.29 is 4.39 Å². The predicted molar refractivity (Wildman–Crippen MR) is 55.4 cm³/mol. The van der Waals surface area contributed by atoms with Crippen LogP contribution in [0.2, 0.25) is 0 Å². The highest BCUT2D eigenvalue weighted by Crippen LogP contribution is 2.25. The van der Waals surface area contributed by atoms with Gasteiger partial charge in [-0.2, -0.15) is 0 Å². The molecule has 0 amide bonds. The third-order valence-corrected chi connectivity index (χ3v) is 3.04. The van der Waals surface area contributed by atoms with E-state index in [1.165, 1.54) is 25.3 Å². The molecule has 1 nitrogen and oxygen atoms in total. The predicted octanol–water partition coefficient (Wildman–Crippen LogP) is 3.55. The molecule has 0 saturated heterocycles. The van der Waals surface area contributed by atoms with Crippen LogP contribution in [0.5, 0.6) is 0 Å². The summed E-state index contributed by atoms with van der Waals surface area (Å²) in [6.45, 7) is 0. The van der Waals surface area contributed by atoms with E-state index in [2.05, 4.69) is 21.2 Å². The zero-order valence-electron chi connectivity index (χ0n) is 7.19. The van der Waals surface area contributed by atoms with Gasteiger partial charge in [0.25, 0.3) is 0 Å². The van der Waals surface area contributed by atoms with Gasteiger partial charge in [0.1, 0.15) is 5.82 Å². The highest BCUT2D eigenvalue weighted by atomic mass is 79.9. The SMILES string of the molecule is Fc1cc(NC2CCC2)ccc1Br. The lowest BCUT2D eigenvalue weighted by Gasteiger charge is -2.27. The van der Waals surface area contributed by atoms with Crippen LogP contribution in [0.4, 0.5) is 10.1 Å². The second-order valence-corrected chi connectivity index (χ2v) is 4.26. The maximum absolute atomic E-state index is 13.1. The van der Waals surface area contributed by atoms with E-state index < -0.39 is 0 Å². The molecule has 13 heavy (non-hydrogen) atoms. The van der Waals surface area contributed by atoms with Crippen LogP contribution in [0, 0.1) is 5.82 Å². The van der Waals surface area contributed by atoms with Crippen LogP contribution in [0.15, 0.2) is 22.7 Å². The number of nitrogens with one attached hydrogen (secondary N) is 1. The van der Waals surface area contributed by atoms with Gasteiger partial charge in [-0.15, -0.1) is 0 Å². The van der Waals surface area contributed by atoms with Gasteiger partial charge < -0.3 is 5.32 Å². The fraction of sp³-hybridized carbons (Fsp3) is 0.400. The minimum absolute atomic E-state index is 0.204. The first-order chi connectivity index (χ1) is 6.25. The van der Waals surface area contributed by atoms with E-state index in [0.29, 0.717) is 10.5 Å². The van der Waals surface area contributed by atoms with Crippen molar-refractivity contribution in [3.63, 3.8) is 0 Å². The molecule has 1 aromatic carbocycles. The molecule has 0 unspecified atom stereocenters. The van der Waals surface area contributed by atoms with Gasteiger partial charge in [-0.1, -0.05) is 0 Å². The smallest absolute Gasteiger partial charge is 0.139 e. The molecule has 1 saturated carbocycles. The fourth-order valence-electron chi connectivity index (χ4n) is 1.37. The van der Waals surface area contributed by atoms with E-state index in [0.717, 1.165) is 5.69 Å². The van der Waals surface area contributed by atoms with Gasteiger partial charge >= 0.3 is 0 Å². The van der Waals surface area contributed by atoms with Gasteiger partial charge in [0, 0.05) is 11.7 Å². The summed E-state index contributed by atoms with van der Waals surface area (Å²) in [4.78, 5) is 0. The molecule has 0 radical (unpaired) electrons. The Bertz CT molecular complexity index is 310. The van der Waals surface area contributed by atoms with E-state index in [9.17, 15) is 4.39 Å². The summed E-state index contributed by atoms with van der Waals surface area (Å²) in [7, 11) is 0. The Kier molecular flexibility index (Phi) is 2.54. The number of rotatable bonds is 2. The van der Waals surface area contributed by atoms with Crippen molar-refractivity contribution in [3.05, 3.63) is 28.5 Å². The lowest BCUT2D eigenvalue weighted by atomic mass is 9.93. The Labute approximate surface area is 85.5 Å². The molecule has 1 aliphatic rings. The second kappa shape index (κ2) is 3.66. The van der Waals surface area contributed by atoms with Crippen molar-refractivity contribution in [1.29, 1.82) is 0 Å². The Morgan fingerprint density at radius 1 is 1.38 bits per heavy atom. The number of hydrogen-bond donors (Lipinski definition) is 1. The van der Waals surface area contributed by atoms with Gasteiger partial charge in [-0.05, 0) is 53.4 Å². The average Bonchev–Trinajstić information content (AvgIpc) is 2.04. The standard InChI is InChI=1S/C10H11BrFN/c11-9-5-4-8(6-10(9)12)13-7-2-1-3-7/h4-7,13H,1-3H2. The van der Waals surface area contributed by atoms with Crippen LogP contribution in [-0.2, 0) is 0 Å². The lowest BCUT2D eigenvalue weighted by Crippen LogP contribution is -2.26. The van der Waals surface area contributed by atoms with Gasteiger partial charge in [0.05, 0.1) is 4.47 Å². The van der Waals surface area contributed by atoms with Crippen molar-refractivity contribution >= 4 is 21.6 Å². The zero-order chi connectivity index (χ0) is 9.26. The summed E-state index contributed by atoms with van der Waals surface area (Å²) in [5.74, 6) is -0.204. The molecule has 1 N–H and O–H groups in total. The third-order valence-electron chi connectivity index (χ3n) is 2.40. The normalized spacial score (nSPS) is 16.8. The van der Waals surface area contributed by atoms with Crippen LogP contribution in [0.1, 0.15) is 19.3 Å². The summed E-state index contributed by atoms with van der Waals surface area (Å²) < 4.78 is 13.6. The van der Waals surface area contributed by atoms with E-state index in [1.54, 1.807) is 6.07 Å². The van der Waals surface area contributed by atoms with Crippen LogP contribution in [0.3, 0.4) is 0 Å². The average molecular weight is 244 g/mol. The van der Waals surface area contributed by atoms with Crippen molar-refractivity contribution in [1.82, 2.24) is 0 Å². The zero-order valence-corrected chi connectivity index (χ0v) is 8.77. The van der Waals surface area contributed by atoms with Crippen molar-refractivity contribution in [2.75, 3.05) is 5.32 Å². The maximum atomic E-state index is 13.1. The van der Waals surface area contributed by atoms with Gasteiger partial charge in [0.15, 0.2) is 0 Å². The topological polar surface area (TPSA) is 12.0 Å². The van der Waals surface area contributed by atoms with Crippen LogP contribution >= 0.6 is 15.9 Å². The third kappa shape index (κ3) is 2.02. The molecule has 1 aromatic rings. The molecule has 0 atom stereocenters. The first kappa shape index (κ1) is 9.00. The summed E-state index contributed by atoms with van der Waals surface area (Å²) in [5, 5.41) is 3.29. The van der Waals surface area contributed by atoms with Gasteiger partial charge in [-0.25, -0.2) is 4.39 Å². The molecule has 2 rings (SSSR count). The van der Waals surface area contributed by atoms with E-state index in [4.69, 9.17) is 0 Å². The van der Waals surface area contributed by atoms with E-state index >= 15 is 0 Å². The van der Waals surface area contributed by atoms with Crippen LogP contribution in [-0.4, -0.2) is 6.04 Å². The van der Waals surface area contributed by atoms with Crippen molar-refractivity contribution in [2.45, 2.75) is 25.3 Å². The first-order valence-electron chi connectivity index (χ1n) is 4.47. The molecule has 1 aliphatic carbocycles. The Hall–Kier alpha value is -0.570. The summed E-state index contributed by atoms with van der Waals surface area (Å²) in [5.41, 5.74) is 0.880. The number of anilines is 1. The Morgan fingerprint density at radius 2 is 2.15 bits per heavy atom. The summed E-state index contributed by atoms with van der Waals surface area (Å²) >= 11 is 3.12. The Morgan fingerprint density at radius 3 is 2.69 bits per heavy atom. The lowest BCUT2D eigenvalue weighted by molar-refractivity contribution is 0.445. The quantitative estimate of drug-likeness (QED) is 0.838. The monoisotopic (exact) mass is 243 g/mol. The fourth-order valence-corrected chi connectivity index (χ4v) is 1.62. The second-order valence-electron chi connectivity index (χ2n) is 3.40. The number of halogens is 2. The summed E-state index contributed by atoms with van der Waals surface area (Å²) in [6.07, 6.45) is 3.70. The molecule has 0 heterocycles. The van der Waals surface area contributed by atoms with E-state index in [-0.39, 0.29) is 5.82 Å². The molecular weight excluding hydrogens is 233 g/mol. The van der Waals surface area contributed by atoms with Crippen LogP contribution in [0.25, 0.3) is 0 Å². The minimum Gasteiger partial charge on any atom is -0.382 e. The summed E-state index contributed by atoms with van der Waals surface area (Å²) in [6, 6.07) is 5.71. The minimum atomic E-state index is -0.204. The molecule has 1 fully saturated rings. The molecular formula is C10H11BrFN. The van der Waals surface area contributed by atoms with Gasteiger partial charge in [0.2, 0.25) is 0 Å². The molecule has 0 spiro atoms. The molecule has 3 heteroatoms. The largest absolute Gasteiger partial charge is 0.382 e. The van der Waals surface area contributed by atoms with Crippen LogP contribution < -0.4 is 5.32 Å². The molecule has 0 aromatic heterocycles. The maximum Gasteiger partial charge on any atom is 0.139 e. The number of benzene rings is 1. The highest BCUT2D eigenvalue weighted by molar-refractivity contribution is 9.10. The number of hydrogen-bond acceptors (Lipinski definition) is 1. The van der Waals surface area contributed by atoms with Crippen molar-refractivity contribution in [2.24, 2.45) is 0 Å². The molecule has 70 valence electrons. The van der Waals surface area contributed by atoms with E-state index in [1.807, 2.05) is 6.07 Å².